The fraction of sp³-hybridized carbons (Fsp3) is 0.467. The molecule has 1 heterocycles. The summed E-state index contributed by atoms with van der Waals surface area (Å²) in [5.74, 6) is -0.846. The average molecular weight is 356 g/mol. The minimum Gasteiger partial charge on any atom is -0.491 e. The van der Waals surface area contributed by atoms with Crippen LogP contribution >= 0.6 is 15.9 Å². The van der Waals surface area contributed by atoms with Gasteiger partial charge in [0.15, 0.2) is 0 Å². The third-order valence-electron chi connectivity index (χ3n) is 3.31. The summed E-state index contributed by atoms with van der Waals surface area (Å²) in [5, 5.41) is 9.01. The van der Waals surface area contributed by atoms with Crippen molar-refractivity contribution >= 4 is 27.8 Å². The molecule has 0 aromatic heterocycles. The molecule has 114 valence electrons. The van der Waals surface area contributed by atoms with Crippen molar-refractivity contribution in [1.82, 2.24) is 4.90 Å². The molecule has 1 aliphatic heterocycles. The molecule has 1 N–H and O–H groups in total. The predicted molar refractivity (Wildman–Crippen MR) is 81.6 cm³/mol. The summed E-state index contributed by atoms with van der Waals surface area (Å²) in [7, 11) is 0. The Morgan fingerprint density at radius 3 is 2.67 bits per heavy atom. The van der Waals surface area contributed by atoms with Gasteiger partial charge in [0.05, 0.1) is 12.0 Å². The molecule has 6 heteroatoms. The smallest absolute Gasteiger partial charge is 0.308 e. The van der Waals surface area contributed by atoms with E-state index in [4.69, 9.17) is 9.84 Å². The van der Waals surface area contributed by atoms with Crippen LogP contribution < -0.4 is 4.74 Å². The largest absolute Gasteiger partial charge is 0.491 e. The summed E-state index contributed by atoms with van der Waals surface area (Å²) >= 11 is 3.37. The van der Waals surface area contributed by atoms with Crippen LogP contribution in [0.2, 0.25) is 0 Å². The Hall–Kier alpha value is -1.56. The van der Waals surface area contributed by atoms with Crippen molar-refractivity contribution in [1.29, 1.82) is 0 Å². The van der Waals surface area contributed by atoms with Crippen molar-refractivity contribution in [2.75, 3.05) is 13.1 Å². The van der Waals surface area contributed by atoms with Crippen LogP contribution in [0.3, 0.4) is 0 Å². The second-order valence-electron chi connectivity index (χ2n) is 5.42. The van der Waals surface area contributed by atoms with Crippen LogP contribution in [0.15, 0.2) is 22.7 Å². The highest BCUT2D eigenvalue weighted by Crippen LogP contribution is 2.25. The van der Waals surface area contributed by atoms with Gasteiger partial charge in [0.2, 0.25) is 0 Å². The lowest BCUT2D eigenvalue weighted by Gasteiger charge is -2.17. The number of aliphatic carboxylic acids is 1. The van der Waals surface area contributed by atoms with E-state index in [0.717, 1.165) is 4.47 Å². The molecule has 1 aliphatic rings. The van der Waals surface area contributed by atoms with E-state index in [0.29, 0.717) is 24.3 Å². The van der Waals surface area contributed by atoms with Gasteiger partial charge in [-0.25, -0.2) is 0 Å². The Kier molecular flexibility index (Phi) is 4.88. The molecular weight excluding hydrogens is 338 g/mol. The normalized spacial score (nSPS) is 18.1. The number of ether oxygens (including phenoxy) is 1. The van der Waals surface area contributed by atoms with E-state index in [1.165, 1.54) is 0 Å². The Bertz CT molecular complexity index is 559. The number of carboxylic acid groups (broad SMARTS) is 1. The van der Waals surface area contributed by atoms with Crippen molar-refractivity contribution < 1.29 is 19.4 Å². The third kappa shape index (κ3) is 3.97. The molecule has 1 atom stereocenters. The maximum absolute atomic E-state index is 12.5. The number of carbonyl (C=O) groups is 2. The number of halogens is 1. The van der Waals surface area contributed by atoms with E-state index >= 15 is 0 Å². The van der Waals surface area contributed by atoms with Crippen LogP contribution in [-0.4, -0.2) is 41.1 Å². The number of rotatable bonds is 4. The van der Waals surface area contributed by atoms with Crippen molar-refractivity contribution in [2.24, 2.45) is 5.92 Å². The predicted octanol–water partition coefficient (Wildman–Crippen LogP) is 2.78. The molecule has 5 nitrogen and oxygen atoms in total. The lowest BCUT2D eigenvalue weighted by Crippen LogP contribution is -2.30. The molecule has 1 amide bonds. The van der Waals surface area contributed by atoms with Gasteiger partial charge in [0.1, 0.15) is 5.75 Å². The summed E-state index contributed by atoms with van der Waals surface area (Å²) in [6, 6.07) is 5.23. The lowest BCUT2D eigenvalue weighted by atomic mass is 10.1. The summed E-state index contributed by atoms with van der Waals surface area (Å²) in [6.45, 7) is 4.57. The third-order valence-corrected chi connectivity index (χ3v) is 3.77. The highest BCUT2D eigenvalue weighted by atomic mass is 79.9. The van der Waals surface area contributed by atoms with Gasteiger partial charge < -0.3 is 14.7 Å². The maximum Gasteiger partial charge on any atom is 0.308 e. The highest BCUT2D eigenvalue weighted by molar-refractivity contribution is 9.10. The van der Waals surface area contributed by atoms with Crippen LogP contribution in [0.1, 0.15) is 30.6 Å². The van der Waals surface area contributed by atoms with Crippen molar-refractivity contribution in [3.05, 3.63) is 28.2 Å². The fourth-order valence-corrected chi connectivity index (χ4v) is 2.83. The number of carbonyl (C=O) groups excluding carboxylic acids is 1. The van der Waals surface area contributed by atoms with Gasteiger partial charge in [-0.1, -0.05) is 15.9 Å². The van der Waals surface area contributed by atoms with E-state index in [1.807, 2.05) is 13.8 Å². The fourth-order valence-electron chi connectivity index (χ4n) is 2.36. The second-order valence-corrected chi connectivity index (χ2v) is 6.33. The van der Waals surface area contributed by atoms with E-state index in [9.17, 15) is 9.59 Å². The van der Waals surface area contributed by atoms with E-state index in [1.54, 1.807) is 23.1 Å². The summed E-state index contributed by atoms with van der Waals surface area (Å²) in [5.41, 5.74) is 0.506. The molecule has 0 aliphatic carbocycles. The molecule has 1 saturated heterocycles. The molecule has 1 fully saturated rings. The quantitative estimate of drug-likeness (QED) is 0.901. The molecule has 1 aromatic rings. The van der Waals surface area contributed by atoms with Gasteiger partial charge in [0, 0.05) is 23.1 Å². The first-order valence-electron chi connectivity index (χ1n) is 6.86. The van der Waals surface area contributed by atoms with Crippen molar-refractivity contribution in [3.63, 3.8) is 0 Å². The van der Waals surface area contributed by atoms with Crippen LogP contribution in [0.4, 0.5) is 0 Å². The Labute approximate surface area is 132 Å². The molecule has 0 spiro atoms. The Morgan fingerprint density at radius 2 is 2.10 bits per heavy atom. The van der Waals surface area contributed by atoms with Crippen LogP contribution in [-0.2, 0) is 4.79 Å². The number of hydrogen-bond acceptors (Lipinski definition) is 3. The number of benzene rings is 1. The SMILES string of the molecule is CC(C)Oc1cc(Br)cc(C(=O)N2CC[C@@H](C(=O)O)C2)c1. The zero-order chi connectivity index (χ0) is 15.6. The molecule has 21 heavy (non-hydrogen) atoms. The van der Waals surface area contributed by atoms with E-state index < -0.39 is 11.9 Å². The number of likely N-dealkylation sites (tertiary alicyclic amines) is 1. The van der Waals surface area contributed by atoms with Crippen molar-refractivity contribution in [2.45, 2.75) is 26.4 Å². The molecule has 0 bridgehead atoms. The second kappa shape index (κ2) is 6.47. The number of hydrogen-bond donors (Lipinski definition) is 1. The summed E-state index contributed by atoms with van der Waals surface area (Å²) < 4.78 is 6.38. The first-order valence-corrected chi connectivity index (χ1v) is 7.65. The minimum absolute atomic E-state index is 0.0189. The zero-order valence-electron chi connectivity index (χ0n) is 12.0. The van der Waals surface area contributed by atoms with Gasteiger partial charge in [0.25, 0.3) is 5.91 Å². The highest BCUT2D eigenvalue weighted by Gasteiger charge is 2.31. The number of carboxylic acids is 1. The maximum atomic E-state index is 12.5. The average Bonchev–Trinajstić information content (AvgIpc) is 2.85. The minimum atomic E-state index is -0.844. The van der Waals surface area contributed by atoms with Gasteiger partial charge >= 0.3 is 5.97 Å². The molecule has 0 radical (unpaired) electrons. The molecular formula is C15H18BrNO4. The molecule has 2 rings (SSSR count). The topological polar surface area (TPSA) is 66.8 Å². The molecule has 0 unspecified atom stereocenters. The summed E-state index contributed by atoms with van der Waals surface area (Å²) in [4.78, 5) is 25.0. The van der Waals surface area contributed by atoms with Gasteiger partial charge in [-0.3, -0.25) is 9.59 Å². The summed E-state index contributed by atoms with van der Waals surface area (Å²) in [6.07, 6.45) is 0.523. The van der Waals surface area contributed by atoms with Gasteiger partial charge in [-0.05, 0) is 38.5 Å². The Morgan fingerprint density at radius 1 is 1.38 bits per heavy atom. The number of amides is 1. The van der Waals surface area contributed by atoms with Crippen LogP contribution in [0.25, 0.3) is 0 Å². The van der Waals surface area contributed by atoms with Gasteiger partial charge in [-0.15, -0.1) is 0 Å². The Balaban J connectivity index is 2.16. The van der Waals surface area contributed by atoms with Crippen molar-refractivity contribution in [3.8, 4) is 5.75 Å². The standard InChI is InChI=1S/C15H18BrNO4/c1-9(2)21-13-6-11(5-12(16)7-13)14(18)17-4-3-10(8-17)15(19)20/h5-7,9-10H,3-4,8H2,1-2H3,(H,19,20)/t10-/m1/s1. The molecule has 1 aromatic carbocycles. The monoisotopic (exact) mass is 355 g/mol. The number of nitrogens with zero attached hydrogens (tertiary/aromatic N) is 1. The zero-order valence-corrected chi connectivity index (χ0v) is 13.6. The molecule has 0 saturated carbocycles. The van der Waals surface area contributed by atoms with Crippen LogP contribution in [0.5, 0.6) is 5.75 Å². The first-order chi connectivity index (χ1) is 9.86. The van der Waals surface area contributed by atoms with E-state index in [2.05, 4.69) is 15.9 Å². The lowest BCUT2D eigenvalue weighted by molar-refractivity contribution is -0.141. The van der Waals surface area contributed by atoms with E-state index in [-0.39, 0.29) is 18.6 Å². The van der Waals surface area contributed by atoms with Gasteiger partial charge in [-0.2, -0.15) is 0 Å². The van der Waals surface area contributed by atoms with Crippen LogP contribution in [0, 0.1) is 5.92 Å². The first kappa shape index (κ1) is 15.8.